The van der Waals surface area contributed by atoms with E-state index in [2.05, 4.69) is 45.9 Å². The number of nitrogens with two attached hydrogens (primary N) is 1. The van der Waals surface area contributed by atoms with Gasteiger partial charge in [-0.2, -0.15) is 0 Å². The zero-order chi connectivity index (χ0) is 13.3. The Morgan fingerprint density at radius 3 is 2.24 bits per heavy atom. The van der Waals surface area contributed by atoms with Gasteiger partial charge in [-0.05, 0) is 42.4 Å². The molecule has 1 atom stereocenters. The molecule has 0 fully saturated rings. The van der Waals surface area contributed by atoms with Crippen LogP contribution in [-0.4, -0.2) is 11.7 Å². The molecule has 1 unspecified atom stereocenters. The van der Waals surface area contributed by atoms with Crippen molar-refractivity contribution in [3.63, 3.8) is 0 Å². The number of hydrogen-bond acceptors (Lipinski definition) is 2. The highest BCUT2D eigenvalue weighted by Gasteiger charge is 2.24. The molecular weight excluding hydrogens is 210 g/mol. The molecule has 0 saturated heterocycles. The van der Waals surface area contributed by atoms with Crippen LogP contribution in [0.4, 0.5) is 0 Å². The minimum Gasteiger partial charge on any atom is -0.396 e. The average molecular weight is 235 g/mol. The van der Waals surface area contributed by atoms with Gasteiger partial charge in [0, 0.05) is 12.1 Å². The van der Waals surface area contributed by atoms with E-state index in [0.29, 0.717) is 6.42 Å². The number of aryl methyl sites for hydroxylation is 1. The summed E-state index contributed by atoms with van der Waals surface area (Å²) in [6.07, 6.45) is 0.585. The Balaban J connectivity index is 3.24. The summed E-state index contributed by atoms with van der Waals surface area (Å²) in [7, 11) is 0. The first-order valence-corrected chi connectivity index (χ1v) is 6.20. The van der Waals surface area contributed by atoms with Crippen LogP contribution < -0.4 is 5.73 Å². The number of hydrogen-bond donors (Lipinski definition) is 2. The van der Waals surface area contributed by atoms with Gasteiger partial charge in [0.25, 0.3) is 0 Å². The van der Waals surface area contributed by atoms with Crippen LogP contribution in [0.15, 0.2) is 18.2 Å². The predicted molar refractivity (Wildman–Crippen MR) is 73.1 cm³/mol. The van der Waals surface area contributed by atoms with Gasteiger partial charge in [-0.15, -0.1) is 0 Å². The lowest BCUT2D eigenvalue weighted by Crippen LogP contribution is -2.35. The Hall–Kier alpha value is -0.860. The van der Waals surface area contributed by atoms with Gasteiger partial charge in [-0.1, -0.05) is 39.0 Å². The van der Waals surface area contributed by atoms with E-state index in [0.717, 1.165) is 5.56 Å². The van der Waals surface area contributed by atoms with E-state index < -0.39 is 5.54 Å². The van der Waals surface area contributed by atoms with Crippen LogP contribution in [0.5, 0.6) is 0 Å². The van der Waals surface area contributed by atoms with Crippen LogP contribution in [0.25, 0.3) is 0 Å². The van der Waals surface area contributed by atoms with Gasteiger partial charge in [0.15, 0.2) is 0 Å². The molecule has 0 radical (unpaired) electrons. The molecule has 0 amide bonds. The SMILES string of the molecule is Cc1ccc(C(C)(C)C)cc1C(C)(N)CCO. The van der Waals surface area contributed by atoms with Crippen LogP contribution in [0, 0.1) is 6.92 Å². The van der Waals surface area contributed by atoms with Crippen molar-refractivity contribution in [3.8, 4) is 0 Å². The zero-order valence-electron chi connectivity index (χ0n) is 11.7. The fourth-order valence-electron chi connectivity index (χ4n) is 2.07. The van der Waals surface area contributed by atoms with Gasteiger partial charge in [-0.3, -0.25) is 0 Å². The second kappa shape index (κ2) is 4.79. The van der Waals surface area contributed by atoms with Gasteiger partial charge in [0.2, 0.25) is 0 Å². The van der Waals surface area contributed by atoms with E-state index in [1.54, 1.807) is 0 Å². The first-order valence-electron chi connectivity index (χ1n) is 6.20. The summed E-state index contributed by atoms with van der Waals surface area (Å²) in [4.78, 5) is 0. The fraction of sp³-hybridized carbons (Fsp3) is 0.600. The van der Waals surface area contributed by atoms with Gasteiger partial charge in [0.05, 0.1) is 0 Å². The number of aliphatic hydroxyl groups is 1. The molecule has 0 spiro atoms. The third-order valence-corrected chi connectivity index (χ3v) is 3.35. The molecule has 0 saturated carbocycles. The van der Waals surface area contributed by atoms with Crippen molar-refractivity contribution in [3.05, 3.63) is 34.9 Å². The molecule has 1 aromatic rings. The predicted octanol–water partition coefficient (Wildman–Crippen LogP) is 2.85. The third-order valence-electron chi connectivity index (χ3n) is 3.35. The summed E-state index contributed by atoms with van der Waals surface area (Å²) in [5, 5.41) is 9.10. The normalized spacial score (nSPS) is 15.7. The highest BCUT2D eigenvalue weighted by atomic mass is 16.3. The lowest BCUT2D eigenvalue weighted by atomic mass is 9.80. The standard InChI is InChI=1S/C15H25NO/c1-11-6-7-12(14(2,3)4)10-13(11)15(5,16)8-9-17/h6-7,10,17H,8-9,16H2,1-5H3. The molecule has 0 aliphatic rings. The highest BCUT2D eigenvalue weighted by molar-refractivity contribution is 5.38. The van der Waals surface area contributed by atoms with Crippen molar-refractivity contribution < 1.29 is 5.11 Å². The molecular formula is C15H25NO. The second-order valence-corrected chi connectivity index (χ2v) is 6.17. The zero-order valence-corrected chi connectivity index (χ0v) is 11.7. The number of benzene rings is 1. The van der Waals surface area contributed by atoms with Crippen molar-refractivity contribution in [2.75, 3.05) is 6.61 Å². The molecule has 2 heteroatoms. The Morgan fingerprint density at radius 2 is 1.76 bits per heavy atom. The average Bonchev–Trinajstić information content (AvgIpc) is 2.15. The van der Waals surface area contributed by atoms with Gasteiger partial charge in [-0.25, -0.2) is 0 Å². The lowest BCUT2D eigenvalue weighted by molar-refractivity contribution is 0.247. The van der Waals surface area contributed by atoms with Crippen LogP contribution >= 0.6 is 0 Å². The Labute approximate surface area is 105 Å². The van der Waals surface area contributed by atoms with Crippen molar-refractivity contribution in [2.24, 2.45) is 5.73 Å². The van der Waals surface area contributed by atoms with Crippen LogP contribution in [-0.2, 0) is 11.0 Å². The molecule has 0 aliphatic heterocycles. The summed E-state index contributed by atoms with van der Waals surface area (Å²) in [6, 6.07) is 6.47. The van der Waals surface area contributed by atoms with Crippen molar-refractivity contribution >= 4 is 0 Å². The molecule has 1 rings (SSSR count). The maximum Gasteiger partial charge on any atom is 0.0451 e. The summed E-state index contributed by atoms with van der Waals surface area (Å²) in [5.74, 6) is 0. The Kier molecular flexibility index (Phi) is 4.00. The fourth-order valence-corrected chi connectivity index (χ4v) is 2.07. The van der Waals surface area contributed by atoms with Crippen molar-refractivity contribution in [1.29, 1.82) is 0 Å². The first-order chi connectivity index (χ1) is 7.68. The minimum absolute atomic E-state index is 0.117. The lowest BCUT2D eigenvalue weighted by Gasteiger charge is -2.29. The molecule has 0 aromatic heterocycles. The molecule has 0 heterocycles. The third kappa shape index (κ3) is 3.30. The van der Waals surface area contributed by atoms with E-state index in [9.17, 15) is 0 Å². The summed E-state index contributed by atoms with van der Waals surface area (Å²) >= 11 is 0. The molecule has 2 nitrogen and oxygen atoms in total. The second-order valence-electron chi connectivity index (χ2n) is 6.17. The number of rotatable bonds is 3. The molecule has 1 aromatic carbocycles. The van der Waals surface area contributed by atoms with Crippen molar-refractivity contribution in [2.45, 2.75) is 52.0 Å². The monoisotopic (exact) mass is 235 g/mol. The van der Waals surface area contributed by atoms with E-state index in [-0.39, 0.29) is 12.0 Å². The van der Waals surface area contributed by atoms with Crippen LogP contribution in [0.1, 0.15) is 50.8 Å². The first kappa shape index (κ1) is 14.2. The van der Waals surface area contributed by atoms with Gasteiger partial charge < -0.3 is 10.8 Å². The van der Waals surface area contributed by atoms with Gasteiger partial charge in [0.1, 0.15) is 0 Å². The minimum atomic E-state index is -0.458. The summed E-state index contributed by atoms with van der Waals surface area (Å²) in [6.45, 7) is 10.8. The number of aliphatic hydroxyl groups excluding tert-OH is 1. The van der Waals surface area contributed by atoms with E-state index in [4.69, 9.17) is 10.8 Å². The Morgan fingerprint density at radius 1 is 1.18 bits per heavy atom. The molecule has 0 bridgehead atoms. The molecule has 3 N–H and O–H groups in total. The Bertz CT molecular complexity index is 388. The summed E-state index contributed by atoms with van der Waals surface area (Å²) < 4.78 is 0. The maximum atomic E-state index is 9.10. The van der Waals surface area contributed by atoms with E-state index in [1.807, 2.05) is 6.92 Å². The molecule has 96 valence electrons. The van der Waals surface area contributed by atoms with Crippen LogP contribution in [0.3, 0.4) is 0 Å². The molecule has 17 heavy (non-hydrogen) atoms. The highest BCUT2D eigenvalue weighted by Crippen LogP contribution is 2.30. The molecule has 0 aliphatic carbocycles. The van der Waals surface area contributed by atoms with Crippen molar-refractivity contribution in [1.82, 2.24) is 0 Å². The maximum absolute atomic E-state index is 9.10. The largest absolute Gasteiger partial charge is 0.396 e. The van der Waals surface area contributed by atoms with Crippen LogP contribution in [0.2, 0.25) is 0 Å². The van der Waals surface area contributed by atoms with Gasteiger partial charge >= 0.3 is 0 Å². The van der Waals surface area contributed by atoms with E-state index in [1.165, 1.54) is 11.1 Å². The topological polar surface area (TPSA) is 46.2 Å². The smallest absolute Gasteiger partial charge is 0.0451 e. The van der Waals surface area contributed by atoms with E-state index >= 15 is 0 Å². The summed E-state index contributed by atoms with van der Waals surface area (Å²) in [5.41, 5.74) is 9.58. The quantitative estimate of drug-likeness (QED) is 0.846.